The average molecular weight is 363 g/mol. The third kappa shape index (κ3) is 3.14. The number of carbonyl (C=O) groups excluding carboxylic acids is 1. The number of hydroxylamine groups is 1. The largest absolute Gasteiger partial charge is 0.398 e. The summed E-state index contributed by atoms with van der Waals surface area (Å²) in [5, 5.41) is 9.89. The van der Waals surface area contributed by atoms with Gasteiger partial charge >= 0.3 is 0 Å². The van der Waals surface area contributed by atoms with Crippen molar-refractivity contribution in [1.82, 2.24) is 5.48 Å². The SMILES string of the molecule is Nc1ccc2c3c(cccc13)S(=O)(=O)N2CCCCCCC(=O)NO. The lowest BCUT2D eigenvalue weighted by atomic mass is 10.1. The van der Waals surface area contributed by atoms with Crippen LogP contribution < -0.4 is 15.5 Å². The van der Waals surface area contributed by atoms with E-state index in [1.54, 1.807) is 29.7 Å². The quantitative estimate of drug-likeness (QED) is 0.303. The molecule has 0 saturated heterocycles. The Labute approximate surface area is 146 Å². The average Bonchev–Trinajstić information content (AvgIpc) is 2.82. The zero-order chi connectivity index (χ0) is 18.0. The van der Waals surface area contributed by atoms with Gasteiger partial charge in [-0.2, -0.15) is 0 Å². The smallest absolute Gasteiger partial charge is 0.265 e. The predicted molar refractivity (Wildman–Crippen MR) is 95.9 cm³/mol. The van der Waals surface area contributed by atoms with Crippen LogP contribution >= 0.6 is 0 Å². The Morgan fingerprint density at radius 2 is 1.88 bits per heavy atom. The zero-order valence-corrected chi connectivity index (χ0v) is 14.6. The standard InChI is InChI=1S/C17H21N3O4S/c18-13-9-10-14-17-12(13)6-5-7-15(17)25(23,24)20(14)11-4-2-1-3-8-16(21)19-22/h5-7,9-10,22H,1-4,8,11,18H2,(H,19,21). The predicted octanol–water partition coefficient (Wildman–Crippen LogP) is 2.39. The lowest BCUT2D eigenvalue weighted by Crippen LogP contribution is -2.28. The second-order valence-corrected chi connectivity index (χ2v) is 7.96. The molecule has 25 heavy (non-hydrogen) atoms. The third-order valence-corrected chi connectivity index (χ3v) is 6.35. The highest BCUT2D eigenvalue weighted by Crippen LogP contribution is 2.43. The van der Waals surface area contributed by atoms with Gasteiger partial charge < -0.3 is 5.73 Å². The van der Waals surface area contributed by atoms with Crippen molar-refractivity contribution < 1.29 is 18.4 Å². The minimum absolute atomic E-state index is 0.266. The van der Waals surface area contributed by atoms with Crippen LogP contribution in [-0.2, 0) is 14.8 Å². The summed E-state index contributed by atoms with van der Waals surface area (Å²) in [5.41, 5.74) is 8.83. The number of nitrogen functional groups attached to an aromatic ring is 1. The maximum atomic E-state index is 12.8. The van der Waals surface area contributed by atoms with Gasteiger partial charge in [-0.15, -0.1) is 0 Å². The molecule has 1 aliphatic heterocycles. The Bertz CT molecular complexity index is 911. The number of nitrogens with two attached hydrogens (primary N) is 1. The molecule has 0 aliphatic carbocycles. The van der Waals surface area contributed by atoms with Crippen molar-refractivity contribution in [1.29, 1.82) is 0 Å². The normalized spacial score (nSPS) is 14.8. The highest BCUT2D eigenvalue weighted by molar-refractivity contribution is 7.93. The van der Waals surface area contributed by atoms with Crippen LogP contribution in [0, 0.1) is 0 Å². The minimum Gasteiger partial charge on any atom is -0.398 e. The summed E-state index contributed by atoms with van der Waals surface area (Å²) in [6, 6.07) is 8.67. The van der Waals surface area contributed by atoms with E-state index in [0.717, 1.165) is 18.2 Å². The fourth-order valence-corrected chi connectivity index (χ4v) is 4.98. The molecular formula is C17H21N3O4S. The van der Waals surface area contributed by atoms with Crippen molar-refractivity contribution >= 4 is 38.1 Å². The second kappa shape index (κ2) is 6.89. The highest BCUT2D eigenvalue weighted by Gasteiger charge is 2.35. The third-order valence-electron chi connectivity index (χ3n) is 4.49. The molecular weight excluding hydrogens is 342 g/mol. The number of nitrogens with one attached hydrogen (secondary N) is 1. The van der Waals surface area contributed by atoms with Crippen LogP contribution in [0.25, 0.3) is 10.8 Å². The number of benzene rings is 2. The fourth-order valence-electron chi connectivity index (χ4n) is 3.24. The van der Waals surface area contributed by atoms with Crippen molar-refractivity contribution in [2.24, 2.45) is 0 Å². The molecule has 2 aromatic carbocycles. The van der Waals surface area contributed by atoms with Crippen LogP contribution in [0.2, 0.25) is 0 Å². The van der Waals surface area contributed by atoms with Gasteiger partial charge in [0.25, 0.3) is 10.0 Å². The molecule has 1 aliphatic rings. The molecule has 0 spiro atoms. The van der Waals surface area contributed by atoms with E-state index in [1.807, 2.05) is 6.07 Å². The van der Waals surface area contributed by atoms with Crippen LogP contribution in [0.4, 0.5) is 11.4 Å². The van der Waals surface area contributed by atoms with E-state index in [9.17, 15) is 13.2 Å². The van der Waals surface area contributed by atoms with E-state index in [4.69, 9.17) is 10.9 Å². The maximum absolute atomic E-state index is 12.8. The zero-order valence-electron chi connectivity index (χ0n) is 13.7. The van der Waals surface area contributed by atoms with Gasteiger partial charge in [-0.05, 0) is 31.0 Å². The molecule has 0 saturated carbocycles. The van der Waals surface area contributed by atoms with Crippen molar-refractivity contribution in [2.75, 3.05) is 16.6 Å². The van der Waals surface area contributed by atoms with Crippen LogP contribution in [0.5, 0.6) is 0 Å². The summed E-state index contributed by atoms with van der Waals surface area (Å²) < 4.78 is 27.1. The maximum Gasteiger partial charge on any atom is 0.265 e. The Balaban J connectivity index is 1.70. The molecule has 0 aromatic heterocycles. The molecule has 0 fully saturated rings. The molecule has 3 rings (SSSR count). The summed E-state index contributed by atoms with van der Waals surface area (Å²) in [4.78, 5) is 11.3. The molecule has 4 N–H and O–H groups in total. The van der Waals surface area contributed by atoms with Crippen LogP contribution in [0.15, 0.2) is 35.2 Å². The number of anilines is 2. The van der Waals surface area contributed by atoms with Gasteiger partial charge in [0.2, 0.25) is 5.91 Å². The number of rotatable bonds is 7. The molecule has 8 heteroatoms. The van der Waals surface area contributed by atoms with Gasteiger partial charge in [0, 0.05) is 29.4 Å². The first-order valence-electron chi connectivity index (χ1n) is 8.23. The van der Waals surface area contributed by atoms with Crippen LogP contribution in [0.3, 0.4) is 0 Å². The van der Waals surface area contributed by atoms with Gasteiger partial charge in [0.15, 0.2) is 0 Å². The van der Waals surface area contributed by atoms with Crippen molar-refractivity contribution in [2.45, 2.75) is 37.0 Å². The van der Waals surface area contributed by atoms with E-state index in [2.05, 4.69) is 0 Å². The van der Waals surface area contributed by atoms with Crippen LogP contribution in [0.1, 0.15) is 32.1 Å². The second-order valence-electron chi connectivity index (χ2n) is 6.13. The first-order chi connectivity index (χ1) is 12.0. The van der Waals surface area contributed by atoms with Crippen molar-refractivity contribution in [3.8, 4) is 0 Å². The van der Waals surface area contributed by atoms with Gasteiger partial charge in [0.1, 0.15) is 0 Å². The molecule has 0 radical (unpaired) electrons. The van der Waals surface area contributed by atoms with Crippen molar-refractivity contribution in [3.05, 3.63) is 30.3 Å². The summed E-state index contributed by atoms with van der Waals surface area (Å²) in [6.45, 7) is 0.391. The molecule has 0 bridgehead atoms. The Morgan fingerprint density at radius 3 is 2.64 bits per heavy atom. The Hall–Kier alpha value is -2.32. The lowest BCUT2D eigenvalue weighted by Gasteiger charge is -2.18. The molecule has 7 nitrogen and oxygen atoms in total. The Morgan fingerprint density at radius 1 is 1.12 bits per heavy atom. The van der Waals surface area contributed by atoms with E-state index < -0.39 is 15.9 Å². The van der Waals surface area contributed by atoms with Gasteiger partial charge in [-0.1, -0.05) is 25.0 Å². The first-order valence-corrected chi connectivity index (χ1v) is 9.67. The van der Waals surface area contributed by atoms with Gasteiger partial charge in [-0.3, -0.25) is 14.3 Å². The number of unbranched alkanes of at least 4 members (excludes halogenated alkanes) is 3. The summed E-state index contributed by atoms with van der Waals surface area (Å²) >= 11 is 0. The number of hydrogen-bond donors (Lipinski definition) is 3. The molecule has 1 heterocycles. The monoisotopic (exact) mass is 363 g/mol. The number of hydrogen-bond acceptors (Lipinski definition) is 5. The molecule has 134 valence electrons. The van der Waals surface area contributed by atoms with Crippen LogP contribution in [-0.4, -0.2) is 26.1 Å². The molecule has 2 aromatic rings. The topological polar surface area (TPSA) is 113 Å². The number of sulfonamides is 1. The van der Waals surface area contributed by atoms with E-state index >= 15 is 0 Å². The number of amides is 1. The molecule has 1 amide bonds. The lowest BCUT2D eigenvalue weighted by molar-refractivity contribution is -0.129. The molecule has 0 atom stereocenters. The summed E-state index contributed by atoms with van der Waals surface area (Å²) in [7, 11) is -3.54. The first kappa shape index (κ1) is 17.5. The van der Waals surface area contributed by atoms with Crippen molar-refractivity contribution in [3.63, 3.8) is 0 Å². The number of nitrogens with zero attached hydrogens (tertiary/aromatic N) is 1. The highest BCUT2D eigenvalue weighted by atomic mass is 32.2. The molecule has 0 unspecified atom stereocenters. The number of carbonyl (C=O) groups is 1. The Kier molecular flexibility index (Phi) is 4.82. The van der Waals surface area contributed by atoms with Gasteiger partial charge in [-0.25, -0.2) is 13.9 Å². The minimum atomic E-state index is -3.54. The van der Waals surface area contributed by atoms with E-state index in [-0.39, 0.29) is 6.42 Å². The van der Waals surface area contributed by atoms with E-state index in [0.29, 0.717) is 41.0 Å². The summed E-state index contributed by atoms with van der Waals surface area (Å²) in [6.07, 6.45) is 3.22. The van der Waals surface area contributed by atoms with Gasteiger partial charge in [0.05, 0.1) is 10.6 Å². The summed E-state index contributed by atoms with van der Waals surface area (Å²) in [5.74, 6) is -0.401. The van der Waals surface area contributed by atoms with E-state index in [1.165, 1.54) is 4.31 Å². The fraction of sp³-hybridized carbons (Fsp3) is 0.353.